The van der Waals surface area contributed by atoms with Crippen molar-refractivity contribution in [2.45, 2.75) is 29.2 Å². The van der Waals surface area contributed by atoms with Gasteiger partial charge < -0.3 is 15.2 Å². The predicted octanol–water partition coefficient (Wildman–Crippen LogP) is 7.25. The summed E-state index contributed by atoms with van der Waals surface area (Å²) >= 11 is 8.03. The smallest absolute Gasteiger partial charge is 0.342 e. The number of carboxylic acid groups (broad SMARTS) is 1. The van der Waals surface area contributed by atoms with E-state index in [0.717, 1.165) is 38.8 Å². The fourth-order valence-corrected chi connectivity index (χ4v) is 4.96. The monoisotopic (exact) mass is 562 g/mol. The highest BCUT2D eigenvalue weighted by Crippen LogP contribution is 2.33. The molecule has 4 rings (SSSR count). The number of nitro groups is 1. The molecule has 8 nitrogen and oxygen atoms in total. The van der Waals surface area contributed by atoms with Crippen LogP contribution in [-0.4, -0.2) is 21.9 Å². The number of rotatable bonds is 11. The number of nitrogens with zero attached hydrogens (tertiary/aromatic N) is 1. The number of carbonyl (C=O) groups is 2. The Kier molecular flexibility index (Phi) is 9.19. The van der Waals surface area contributed by atoms with Gasteiger partial charge in [0.05, 0.1) is 4.92 Å². The van der Waals surface area contributed by atoms with Gasteiger partial charge in [-0.1, -0.05) is 65.8 Å². The van der Waals surface area contributed by atoms with Crippen molar-refractivity contribution in [2.24, 2.45) is 0 Å². The lowest BCUT2D eigenvalue weighted by Gasteiger charge is -2.10. The lowest BCUT2D eigenvalue weighted by molar-refractivity contribution is -0.385. The zero-order valence-electron chi connectivity index (χ0n) is 20.5. The normalized spacial score (nSPS) is 10.6. The Labute approximate surface area is 233 Å². The third kappa shape index (κ3) is 7.83. The van der Waals surface area contributed by atoms with Crippen molar-refractivity contribution in [1.82, 2.24) is 0 Å². The molecule has 39 heavy (non-hydrogen) atoms. The Morgan fingerprint density at radius 1 is 0.949 bits per heavy atom. The highest BCUT2D eigenvalue weighted by Gasteiger charge is 2.20. The number of benzene rings is 4. The van der Waals surface area contributed by atoms with Crippen LogP contribution in [0.5, 0.6) is 5.75 Å². The van der Waals surface area contributed by atoms with Crippen LogP contribution in [-0.2, 0) is 17.8 Å². The highest BCUT2D eigenvalue weighted by atomic mass is 35.5. The molecule has 0 spiro atoms. The number of nitrogens with one attached hydrogen (secondary N) is 1. The largest absolute Gasteiger partial charge is 0.489 e. The van der Waals surface area contributed by atoms with Crippen molar-refractivity contribution in [2.75, 3.05) is 5.32 Å². The Bertz CT molecular complexity index is 1510. The van der Waals surface area contributed by atoms with E-state index in [4.69, 9.17) is 16.3 Å². The maximum Gasteiger partial charge on any atom is 0.342 e. The van der Waals surface area contributed by atoms with E-state index in [2.05, 4.69) is 5.32 Å². The fraction of sp³-hybridized carbons (Fsp3) is 0.103. The Morgan fingerprint density at radius 2 is 1.72 bits per heavy atom. The summed E-state index contributed by atoms with van der Waals surface area (Å²) in [5.41, 5.74) is 0.991. The van der Waals surface area contributed by atoms with Gasteiger partial charge in [0.1, 0.15) is 17.9 Å². The fourth-order valence-electron chi connectivity index (χ4n) is 3.71. The summed E-state index contributed by atoms with van der Waals surface area (Å²) in [5.74, 6) is -1.06. The number of nitro benzene ring substituents is 1. The molecule has 0 aliphatic heterocycles. The third-order valence-corrected chi connectivity index (χ3v) is 6.97. The first-order valence-corrected chi connectivity index (χ1v) is 13.0. The molecule has 0 aliphatic rings. The van der Waals surface area contributed by atoms with Crippen LogP contribution < -0.4 is 10.1 Å². The molecule has 0 fully saturated rings. The molecule has 0 heterocycles. The number of halogens is 1. The lowest BCUT2D eigenvalue weighted by Crippen LogP contribution is -2.13. The average molecular weight is 563 g/mol. The van der Waals surface area contributed by atoms with Crippen molar-refractivity contribution < 1.29 is 24.4 Å². The van der Waals surface area contributed by atoms with E-state index in [1.54, 1.807) is 0 Å². The molecule has 0 unspecified atom stereocenters. The number of hydrogen-bond acceptors (Lipinski definition) is 6. The predicted molar refractivity (Wildman–Crippen MR) is 150 cm³/mol. The van der Waals surface area contributed by atoms with E-state index in [-0.39, 0.29) is 18.0 Å². The molecule has 0 aromatic heterocycles. The molecule has 2 N–H and O–H groups in total. The van der Waals surface area contributed by atoms with Crippen LogP contribution in [0.1, 0.15) is 27.9 Å². The van der Waals surface area contributed by atoms with E-state index in [9.17, 15) is 24.8 Å². The van der Waals surface area contributed by atoms with E-state index < -0.39 is 22.1 Å². The van der Waals surface area contributed by atoms with Gasteiger partial charge in [0.2, 0.25) is 5.91 Å². The molecule has 0 bridgehead atoms. The first-order valence-electron chi connectivity index (χ1n) is 11.8. The number of aryl methyl sites for hydroxylation is 1. The molecule has 0 atom stereocenters. The van der Waals surface area contributed by atoms with Crippen LogP contribution in [0, 0.1) is 10.1 Å². The number of carboxylic acids is 1. The molecule has 4 aromatic carbocycles. The SMILES string of the molecule is O=C(CCc1ccc(Sc2cccc(OCc3ccccc3)c2)cc1Cl)Nc1ccc([N+](=O)[O-])c(C(=O)O)c1. The number of hydrogen-bond donors (Lipinski definition) is 2. The number of aromatic carboxylic acids is 1. The molecule has 1 amide bonds. The summed E-state index contributed by atoms with van der Waals surface area (Å²) in [6, 6.07) is 26.8. The first kappa shape index (κ1) is 27.7. The average Bonchev–Trinajstić information content (AvgIpc) is 2.92. The molecule has 4 aromatic rings. The number of anilines is 1. The highest BCUT2D eigenvalue weighted by molar-refractivity contribution is 7.99. The maximum absolute atomic E-state index is 12.4. The van der Waals surface area contributed by atoms with Crippen LogP contribution in [0.4, 0.5) is 11.4 Å². The van der Waals surface area contributed by atoms with Gasteiger partial charge in [-0.15, -0.1) is 0 Å². The molecule has 0 saturated heterocycles. The summed E-state index contributed by atoms with van der Waals surface area (Å²) in [5, 5.41) is 23.3. The number of amides is 1. The molecular weight excluding hydrogens is 540 g/mol. The summed E-state index contributed by atoms with van der Waals surface area (Å²) in [6.45, 7) is 0.480. The minimum absolute atomic E-state index is 0.0897. The van der Waals surface area contributed by atoms with Gasteiger partial charge in [-0.25, -0.2) is 4.79 Å². The Balaban J connectivity index is 1.33. The van der Waals surface area contributed by atoms with E-state index in [0.29, 0.717) is 18.1 Å². The second-order valence-corrected chi connectivity index (χ2v) is 10.0. The van der Waals surface area contributed by atoms with Gasteiger partial charge >= 0.3 is 5.97 Å². The number of ether oxygens (including phenoxy) is 1. The quantitative estimate of drug-likeness (QED) is 0.146. The lowest BCUT2D eigenvalue weighted by atomic mass is 10.1. The van der Waals surface area contributed by atoms with Crippen LogP contribution in [0.15, 0.2) is 101 Å². The molecule has 198 valence electrons. The maximum atomic E-state index is 12.4. The van der Waals surface area contributed by atoms with Crippen LogP contribution in [0.25, 0.3) is 0 Å². The topological polar surface area (TPSA) is 119 Å². The van der Waals surface area contributed by atoms with E-state index >= 15 is 0 Å². The number of carbonyl (C=O) groups excluding carboxylic acids is 1. The standard InChI is InChI=1S/C29H23ClN2O6S/c30-26-17-24(39-23-8-4-7-22(16-23)38-18-19-5-2-1-3-6-19)12-9-20(26)10-14-28(33)31-21-11-13-27(32(36)37)25(15-21)29(34)35/h1-9,11-13,15-17H,10,14,18H2,(H,31,33)(H,34,35). The zero-order chi connectivity index (χ0) is 27.8. The van der Waals surface area contributed by atoms with Crippen molar-refractivity contribution >= 4 is 46.6 Å². The van der Waals surface area contributed by atoms with Crippen molar-refractivity contribution in [3.63, 3.8) is 0 Å². The summed E-state index contributed by atoms with van der Waals surface area (Å²) in [4.78, 5) is 35.9. The first-order chi connectivity index (χ1) is 18.8. The third-order valence-electron chi connectivity index (χ3n) is 5.64. The van der Waals surface area contributed by atoms with Crippen molar-refractivity contribution in [3.8, 4) is 5.75 Å². The van der Waals surface area contributed by atoms with Gasteiger partial charge in [0.15, 0.2) is 0 Å². The second-order valence-electron chi connectivity index (χ2n) is 8.45. The van der Waals surface area contributed by atoms with Crippen LogP contribution in [0.3, 0.4) is 0 Å². The van der Waals surface area contributed by atoms with Gasteiger partial charge in [-0.2, -0.15) is 0 Å². The second kappa shape index (κ2) is 12.9. The van der Waals surface area contributed by atoms with Crippen LogP contribution >= 0.6 is 23.4 Å². The summed E-state index contributed by atoms with van der Waals surface area (Å²) in [7, 11) is 0. The summed E-state index contributed by atoms with van der Waals surface area (Å²) in [6.07, 6.45) is 0.448. The van der Waals surface area contributed by atoms with Gasteiger partial charge in [-0.3, -0.25) is 14.9 Å². The van der Waals surface area contributed by atoms with Gasteiger partial charge in [-0.05, 0) is 60.0 Å². The minimum Gasteiger partial charge on any atom is -0.489 e. The zero-order valence-corrected chi connectivity index (χ0v) is 22.1. The van der Waals surface area contributed by atoms with E-state index in [1.807, 2.05) is 72.8 Å². The van der Waals surface area contributed by atoms with Crippen LogP contribution in [0.2, 0.25) is 5.02 Å². The molecule has 0 radical (unpaired) electrons. The van der Waals surface area contributed by atoms with Crippen molar-refractivity contribution in [3.05, 3.63) is 123 Å². The van der Waals surface area contributed by atoms with Gasteiger partial charge in [0.25, 0.3) is 5.69 Å². The Morgan fingerprint density at radius 3 is 2.44 bits per heavy atom. The molecule has 0 saturated carbocycles. The van der Waals surface area contributed by atoms with Crippen molar-refractivity contribution in [1.29, 1.82) is 0 Å². The Hall–Kier alpha value is -4.34. The molecule has 0 aliphatic carbocycles. The van der Waals surface area contributed by atoms with Gasteiger partial charge in [0, 0.05) is 33.0 Å². The molecular formula is C29H23ClN2O6S. The van der Waals surface area contributed by atoms with E-state index in [1.165, 1.54) is 17.8 Å². The summed E-state index contributed by atoms with van der Waals surface area (Å²) < 4.78 is 5.91. The molecule has 10 heteroatoms. The minimum atomic E-state index is -1.45.